The summed E-state index contributed by atoms with van der Waals surface area (Å²) in [6.45, 7) is 0.187. The van der Waals surface area contributed by atoms with E-state index in [2.05, 4.69) is 4.74 Å². The van der Waals surface area contributed by atoms with Gasteiger partial charge in [-0.2, -0.15) is 0 Å². The molecular formula is C13H16ClNO4. The maximum Gasteiger partial charge on any atom is 0.305 e. The van der Waals surface area contributed by atoms with Crippen molar-refractivity contribution in [3.63, 3.8) is 0 Å². The number of hydrogen-bond acceptors (Lipinski definition) is 5. The molecule has 2 rings (SSSR count). The minimum atomic E-state index is -0.251. The molecule has 1 heterocycles. The van der Waals surface area contributed by atoms with Crippen molar-refractivity contribution < 1.29 is 19.0 Å². The van der Waals surface area contributed by atoms with Crippen molar-refractivity contribution in [2.45, 2.75) is 25.3 Å². The Morgan fingerprint density at radius 2 is 2.32 bits per heavy atom. The van der Waals surface area contributed by atoms with Crippen molar-refractivity contribution in [1.82, 2.24) is 0 Å². The van der Waals surface area contributed by atoms with Crippen LogP contribution in [-0.2, 0) is 16.0 Å². The molecule has 6 heteroatoms. The fourth-order valence-corrected chi connectivity index (χ4v) is 2.24. The summed E-state index contributed by atoms with van der Waals surface area (Å²) in [6.07, 6.45) is 1.50. The van der Waals surface area contributed by atoms with Gasteiger partial charge in [-0.1, -0.05) is 11.6 Å². The van der Waals surface area contributed by atoms with E-state index in [-0.39, 0.29) is 18.8 Å². The van der Waals surface area contributed by atoms with E-state index in [0.29, 0.717) is 35.8 Å². The van der Waals surface area contributed by atoms with Crippen molar-refractivity contribution in [2.75, 3.05) is 13.9 Å². The Bertz CT molecular complexity index is 478. The monoisotopic (exact) mass is 285 g/mol. The second-order valence-corrected chi connectivity index (χ2v) is 4.80. The zero-order chi connectivity index (χ0) is 13.8. The average Bonchev–Trinajstić information content (AvgIpc) is 2.84. The van der Waals surface area contributed by atoms with Crippen LogP contribution in [0.25, 0.3) is 0 Å². The topological polar surface area (TPSA) is 70.8 Å². The van der Waals surface area contributed by atoms with Crippen molar-refractivity contribution in [3.05, 3.63) is 22.7 Å². The van der Waals surface area contributed by atoms with E-state index in [9.17, 15) is 4.79 Å². The number of nitrogens with two attached hydrogens (primary N) is 1. The molecule has 1 aliphatic rings. The van der Waals surface area contributed by atoms with Crippen LogP contribution in [0.5, 0.6) is 11.5 Å². The number of esters is 1. The van der Waals surface area contributed by atoms with Gasteiger partial charge in [0.1, 0.15) is 0 Å². The van der Waals surface area contributed by atoms with Crippen LogP contribution < -0.4 is 15.2 Å². The molecule has 1 atom stereocenters. The van der Waals surface area contributed by atoms with Crippen molar-refractivity contribution >= 4 is 17.6 Å². The number of rotatable bonds is 5. The minimum Gasteiger partial charge on any atom is -0.469 e. The molecule has 1 aromatic rings. The summed E-state index contributed by atoms with van der Waals surface area (Å²) in [7, 11) is 1.37. The van der Waals surface area contributed by atoms with Crippen molar-refractivity contribution in [1.29, 1.82) is 0 Å². The van der Waals surface area contributed by atoms with E-state index in [1.165, 1.54) is 7.11 Å². The van der Waals surface area contributed by atoms with Crippen LogP contribution in [0, 0.1) is 0 Å². The highest BCUT2D eigenvalue weighted by Crippen LogP contribution is 2.40. The Morgan fingerprint density at radius 3 is 3.05 bits per heavy atom. The lowest BCUT2D eigenvalue weighted by molar-refractivity contribution is -0.140. The number of fused-ring (bicyclic) bond motifs is 1. The van der Waals surface area contributed by atoms with E-state index < -0.39 is 0 Å². The number of halogens is 1. The van der Waals surface area contributed by atoms with Crippen LogP contribution in [0.1, 0.15) is 18.4 Å². The Labute approximate surface area is 116 Å². The standard InChI is InChI=1S/C13H16ClNO4/c1-17-12(16)3-2-9(15)4-8-5-10(14)13-11(6-8)18-7-19-13/h5-6,9H,2-4,7,15H2,1H3. The SMILES string of the molecule is COC(=O)CCC(N)Cc1cc(Cl)c2c(c1)OCO2. The maximum atomic E-state index is 11.0. The molecule has 0 aliphatic carbocycles. The summed E-state index contributed by atoms with van der Waals surface area (Å²) < 4.78 is 15.1. The van der Waals surface area contributed by atoms with Crippen molar-refractivity contribution in [3.8, 4) is 11.5 Å². The molecule has 0 radical (unpaired) electrons. The molecule has 0 aromatic heterocycles. The molecule has 0 fully saturated rings. The van der Waals surface area contributed by atoms with E-state index in [0.717, 1.165) is 5.56 Å². The molecule has 5 nitrogen and oxygen atoms in total. The number of ether oxygens (including phenoxy) is 3. The smallest absolute Gasteiger partial charge is 0.305 e. The number of carbonyl (C=O) groups is 1. The lowest BCUT2D eigenvalue weighted by atomic mass is 10.0. The highest BCUT2D eigenvalue weighted by Gasteiger charge is 2.19. The predicted octanol–water partition coefficient (Wildman–Crippen LogP) is 1.89. The molecular weight excluding hydrogens is 270 g/mol. The van der Waals surface area contributed by atoms with E-state index >= 15 is 0 Å². The summed E-state index contributed by atoms with van der Waals surface area (Å²) in [6, 6.07) is 3.55. The van der Waals surface area contributed by atoms with Crippen LogP contribution in [0.3, 0.4) is 0 Å². The van der Waals surface area contributed by atoms with Crippen LogP contribution in [0.15, 0.2) is 12.1 Å². The number of methoxy groups -OCH3 is 1. The Morgan fingerprint density at radius 1 is 1.53 bits per heavy atom. The van der Waals surface area contributed by atoms with E-state index in [1.807, 2.05) is 12.1 Å². The van der Waals surface area contributed by atoms with Gasteiger partial charge in [-0.05, 0) is 30.5 Å². The zero-order valence-corrected chi connectivity index (χ0v) is 11.4. The fourth-order valence-electron chi connectivity index (χ4n) is 1.95. The average molecular weight is 286 g/mol. The molecule has 2 N–H and O–H groups in total. The molecule has 1 unspecified atom stereocenters. The first kappa shape index (κ1) is 14.0. The van der Waals surface area contributed by atoms with Gasteiger partial charge in [0, 0.05) is 12.5 Å². The van der Waals surface area contributed by atoms with Gasteiger partial charge >= 0.3 is 5.97 Å². The summed E-state index contributed by atoms with van der Waals surface area (Å²) in [5, 5.41) is 0.519. The molecule has 0 spiro atoms. The third kappa shape index (κ3) is 3.52. The second-order valence-electron chi connectivity index (χ2n) is 4.39. The van der Waals surface area contributed by atoms with Crippen LogP contribution in [0.2, 0.25) is 5.02 Å². The van der Waals surface area contributed by atoms with Crippen LogP contribution in [0.4, 0.5) is 0 Å². The normalized spacial score (nSPS) is 14.3. The summed E-state index contributed by atoms with van der Waals surface area (Å²) in [5.41, 5.74) is 6.95. The summed E-state index contributed by atoms with van der Waals surface area (Å²) in [4.78, 5) is 11.0. The van der Waals surface area contributed by atoms with Gasteiger partial charge in [0.25, 0.3) is 0 Å². The van der Waals surface area contributed by atoms with Gasteiger partial charge in [-0.3, -0.25) is 4.79 Å². The van der Waals surface area contributed by atoms with Crippen LogP contribution in [-0.4, -0.2) is 25.9 Å². The van der Waals surface area contributed by atoms with E-state index in [1.54, 1.807) is 0 Å². The lowest BCUT2D eigenvalue weighted by Gasteiger charge is -2.12. The minimum absolute atomic E-state index is 0.129. The molecule has 0 saturated carbocycles. The Hall–Kier alpha value is -1.46. The van der Waals surface area contributed by atoms with Gasteiger partial charge < -0.3 is 19.9 Å². The second kappa shape index (κ2) is 6.12. The summed E-state index contributed by atoms with van der Waals surface area (Å²) in [5.74, 6) is 0.968. The van der Waals surface area contributed by atoms with Crippen molar-refractivity contribution in [2.24, 2.45) is 5.73 Å². The predicted molar refractivity (Wildman–Crippen MR) is 70.5 cm³/mol. The molecule has 19 heavy (non-hydrogen) atoms. The van der Waals surface area contributed by atoms with Gasteiger partial charge in [-0.25, -0.2) is 0 Å². The Kier molecular flexibility index (Phi) is 4.50. The third-order valence-electron chi connectivity index (χ3n) is 2.93. The number of hydrogen-bond donors (Lipinski definition) is 1. The van der Waals surface area contributed by atoms with Gasteiger partial charge in [0.15, 0.2) is 11.5 Å². The third-order valence-corrected chi connectivity index (χ3v) is 3.21. The van der Waals surface area contributed by atoms with E-state index in [4.69, 9.17) is 26.8 Å². The first-order chi connectivity index (χ1) is 9.10. The molecule has 0 bridgehead atoms. The highest BCUT2D eigenvalue weighted by atomic mass is 35.5. The molecule has 1 aliphatic heterocycles. The molecule has 0 amide bonds. The fraction of sp³-hybridized carbons (Fsp3) is 0.462. The first-order valence-electron chi connectivity index (χ1n) is 6.00. The summed E-state index contributed by atoms with van der Waals surface area (Å²) >= 11 is 6.09. The molecule has 1 aromatic carbocycles. The maximum absolute atomic E-state index is 11.0. The molecule has 104 valence electrons. The van der Waals surface area contributed by atoms with Crippen LogP contribution >= 0.6 is 11.6 Å². The first-order valence-corrected chi connectivity index (χ1v) is 6.38. The number of benzene rings is 1. The number of carbonyl (C=O) groups excluding carboxylic acids is 1. The van der Waals surface area contributed by atoms with Gasteiger partial charge in [-0.15, -0.1) is 0 Å². The quantitative estimate of drug-likeness (QED) is 0.837. The van der Waals surface area contributed by atoms with Gasteiger partial charge in [0.05, 0.1) is 12.1 Å². The lowest BCUT2D eigenvalue weighted by Crippen LogP contribution is -2.24. The zero-order valence-electron chi connectivity index (χ0n) is 10.6. The largest absolute Gasteiger partial charge is 0.469 e. The molecule has 0 saturated heterocycles. The highest BCUT2D eigenvalue weighted by molar-refractivity contribution is 6.32. The van der Waals surface area contributed by atoms with Gasteiger partial charge in [0.2, 0.25) is 6.79 Å². The Balaban J connectivity index is 1.96.